The second kappa shape index (κ2) is 14.1. The lowest BCUT2D eigenvalue weighted by Crippen LogP contribution is -1.99. The first-order valence-corrected chi connectivity index (χ1v) is 7.60. The van der Waals surface area contributed by atoms with Crippen molar-refractivity contribution in [1.82, 2.24) is 0 Å². The van der Waals surface area contributed by atoms with Gasteiger partial charge in [-0.3, -0.25) is 9.59 Å². The molecule has 20 heavy (non-hydrogen) atoms. The Morgan fingerprint density at radius 3 is 1.85 bits per heavy atom. The van der Waals surface area contributed by atoms with Gasteiger partial charge < -0.3 is 9.84 Å². The smallest absolute Gasteiger partial charge is 0.305 e. The summed E-state index contributed by atoms with van der Waals surface area (Å²) in [6.07, 6.45) is 15.2. The lowest BCUT2D eigenvalue weighted by molar-refractivity contribution is -0.140. The summed E-state index contributed by atoms with van der Waals surface area (Å²) in [6.45, 7) is 0. The Morgan fingerprint density at radius 2 is 1.45 bits per heavy atom. The minimum absolute atomic E-state index is 0.171. The van der Waals surface area contributed by atoms with E-state index in [0.717, 1.165) is 32.1 Å². The van der Waals surface area contributed by atoms with E-state index in [1.807, 2.05) is 0 Å². The minimum atomic E-state index is -0.737. The first-order valence-electron chi connectivity index (χ1n) is 7.60. The SMILES string of the molecule is C1=CCCCC1.COC(=O)CCCCCCCC(=O)O. The molecule has 1 rings (SSSR count). The van der Waals surface area contributed by atoms with Crippen LogP contribution in [0.15, 0.2) is 12.2 Å². The number of esters is 1. The van der Waals surface area contributed by atoms with Gasteiger partial charge in [-0.15, -0.1) is 0 Å². The lowest BCUT2D eigenvalue weighted by atomic mass is 10.1. The molecule has 1 aliphatic carbocycles. The van der Waals surface area contributed by atoms with Crippen molar-refractivity contribution >= 4 is 11.9 Å². The average molecular weight is 284 g/mol. The summed E-state index contributed by atoms with van der Waals surface area (Å²) in [5.41, 5.74) is 0. The zero-order chi connectivity index (χ0) is 15.1. The number of hydrogen-bond donors (Lipinski definition) is 1. The van der Waals surface area contributed by atoms with E-state index >= 15 is 0 Å². The number of carboxylic acids is 1. The van der Waals surface area contributed by atoms with Gasteiger partial charge in [0, 0.05) is 12.8 Å². The highest BCUT2D eigenvalue weighted by atomic mass is 16.5. The Balaban J connectivity index is 0.000000493. The molecule has 0 amide bonds. The number of hydrogen-bond acceptors (Lipinski definition) is 3. The molecule has 0 spiro atoms. The number of carbonyl (C=O) groups is 2. The molecule has 0 saturated heterocycles. The number of allylic oxidation sites excluding steroid dienone is 2. The van der Waals surface area contributed by atoms with Crippen LogP contribution in [0.5, 0.6) is 0 Å². The van der Waals surface area contributed by atoms with Crippen molar-refractivity contribution in [2.75, 3.05) is 7.11 Å². The van der Waals surface area contributed by atoms with E-state index < -0.39 is 5.97 Å². The quantitative estimate of drug-likeness (QED) is 0.414. The minimum Gasteiger partial charge on any atom is -0.481 e. The van der Waals surface area contributed by atoms with E-state index in [1.165, 1.54) is 32.8 Å². The second-order valence-electron chi connectivity index (χ2n) is 4.99. The summed E-state index contributed by atoms with van der Waals surface area (Å²) in [4.78, 5) is 20.8. The predicted octanol–water partition coefficient (Wildman–Crippen LogP) is 4.09. The van der Waals surface area contributed by atoms with Crippen LogP contribution in [-0.4, -0.2) is 24.2 Å². The van der Waals surface area contributed by atoms with E-state index in [0.29, 0.717) is 6.42 Å². The Hall–Kier alpha value is -1.32. The van der Waals surface area contributed by atoms with E-state index in [9.17, 15) is 9.59 Å². The molecule has 0 saturated carbocycles. The molecule has 0 bridgehead atoms. The maximum absolute atomic E-state index is 10.7. The Morgan fingerprint density at radius 1 is 0.950 bits per heavy atom. The van der Waals surface area contributed by atoms with Crippen LogP contribution in [0.4, 0.5) is 0 Å². The van der Waals surface area contributed by atoms with Gasteiger partial charge in [0.2, 0.25) is 0 Å². The largest absolute Gasteiger partial charge is 0.481 e. The van der Waals surface area contributed by atoms with Crippen LogP contribution >= 0.6 is 0 Å². The van der Waals surface area contributed by atoms with Crippen LogP contribution in [0.1, 0.15) is 70.6 Å². The molecular formula is C16H28O4. The Bertz CT molecular complexity index is 276. The number of carboxylic acid groups (broad SMARTS) is 1. The third-order valence-corrected chi connectivity index (χ3v) is 3.16. The normalized spacial score (nSPS) is 13.2. The third-order valence-electron chi connectivity index (χ3n) is 3.16. The summed E-state index contributed by atoms with van der Waals surface area (Å²) in [6, 6.07) is 0. The van der Waals surface area contributed by atoms with Gasteiger partial charge in [0.15, 0.2) is 0 Å². The van der Waals surface area contributed by atoms with E-state index in [-0.39, 0.29) is 12.4 Å². The monoisotopic (exact) mass is 284 g/mol. The van der Waals surface area contributed by atoms with Crippen molar-refractivity contribution < 1.29 is 19.4 Å². The number of carbonyl (C=O) groups excluding carboxylic acids is 1. The average Bonchev–Trinajstić information content (AvgIpc) is 2.48. The summed E-state index contributed by atoms with van der Waals surface area (Å²) < 4.78 is 4.49. The van der Waals surface area contributed by atoms with Crippen molar-refractivity contribution in [1.29, 1.82) is 0 Å². The topological polar surface area (TPSA) is 63.6 Å². The maximum atomic E-state index is 10.7. The van der Waals surface area contributed by atoms with Crippen LogP contribution in [-0.2, 0) is 14.3 Å². The van der Waals surface area contributed by atoms with E-state index in [4.69, 9.17) is 5.11 Å². The zero-order valence-corrected chi connectivity index (χ0v) is 12.6. The number of aliphatic carboxylic acids is 1. The summed E-state index contributed by atoms with van der Waals surface area (Å²) in [5.74, 6) is -0.907. The van der Waals surface area contributed by atoms with Gasteiger partial charge in [-0.05, 0) is 38.5 Å². The number of unbranched alkanes of at least 4 members (excludes halogenated alkanes) is 4. The van der Waals surface area contributed by atoms with Gasteiger partial charge in [-0.2, -0.15) is 0 Å². The molecule has 1 aliphatic rings. The molecule has 0 unspecified atom stereocenters. The van der Waals surface area contributed by atoms with Crippen LogP contribution in [0.3, 0.4) is 0 Å². The standard InChI is InChI=1S/C10H18O4.C6H10/c1-14-10(13)8-6-4-2-3-5-7-9(11)12;1-2-4-6-5-3-1/h2-8H2,1H3,(H,11,12);1-2H,3-6H2. The van der Waals surface area contributed by atoms with Crippen molar-refractivity contribution in [3.63, 3.8) is 0 Å². The summed E-state index contributed by atoms with van der Waals surface area (Å²) in [7, 11) is 1.38. The first-order chi connectivity index (χ1) is 9.66. The van der Waals surface area contributed by atoms with Crippen LogP contribution in [0, 0.1) is 0 Å². The summed E-state index contributed by atoms with van der Waals surface area (Å²) in [5, 5.41) is 8.36. The van der Waals surface area contributed by atoms with E-state index in [1.54, 1.807) is 0 Å². The maximum Gasteiger partial charge on any atom is 0.305 e. The number of rotatable bonds is 8. The van der Waals surface area contributed by atoms with Crippen molar-refractivity contribution in [2.45, 2.75) is 70.6 Å². The van der Waals surface area contributed by atoms with E-state index in [2.05, 4.69) is 16.9 Å². The van der Waals surface area contributed by atoms with Gasteiger partial charge >= 0.3 is 11.9 Å². The van der Waals surface area contributed by atoms with Gasteiger partial charge in [-0.1, -0.05) is 31.4 Å². The lowest BCUT2D eigenvalue weighted by Gasteiger charge is -1.99. The third kappa shape index (κ3) is 14.7. The fourth-order valence-electron chi connectivity index (χ4n) is 1.94. The first kappa shape index (κ1) is 18.7. The highest BCUT2D eigenvalue weighted by molar-refractivity contribution is 5.69. The van der Waals surface area contributed by atoms with Crippen molar-refractivity contribution in [3.05, 3.63) is 12.2 Å². The van der Waals surface area contributed by atoms with Gasteiger partial charge in [0.05, 0.1) is 7.11 Å². The predicted molar refractivity (Wildman–Crippen MR) is 79.6 cm³/mol. The second-order valence-corrected chi connectivity index (χ2v) is 4.99. The van der Waals surface area contributed by atoms with Gasteiger partial charge in [0.1, 0.15) is 0 Å². The Kier molecular flexibility index (Phi) is 13.2. The molecule has 4 nitrogen and oxygen atoms in total. The molecule has 0 radical (unpaired) electrons. The molecular weight excluding hydrogens is 256 g/mol. The van der Waals surface area contributed by atoms with Crippen LogP contribution in [0.25, 0.3) is 0 Å². The molecule has 0 heterocycles. The van der Waals surface area contributed by atoms with Gasteiger partial charge in [-0.25, -0.2) is 0 Å². The fourth-order valence-corrected chi connectivity index (χ4v) is 1.94. The highest BCUT2D eigenvalue weighted by Gasteiger charge is 2.00. The molecule has 4 heteroatoms. The number of methoxy groups -OCH3 is 1. The number of ether oxygens (including phenoxy) is 1. The van der Waals surface area contributed by atoms with Crippen molar-refractivity contribution in [3.8, 4) is 0 Å². The fraction of sp³-hybridized carbons (Fsp3) is 0.750. The highest BCUT2D eigenvalue weighted by Crippen LogP contribution is 2.08. The van der Waals surface area contributed by atoms with Crippen molar-refractivity contribution in [2.24, 2.45) is 0 Å². The molecule has 116 valence electrons. The van der Waals surface area contributed by atoms with Crippen LogP contribution < -0.4 is 0 Å². The van der Waals surface area contributed by atoms with Crippen LogP contribution in [0.2, 0.25) is 0 Å². The molecule has 0 aromatic carbocycles. The molecule has 0 atom stereocenters. The Labute approximate surface area is 122 Å². The molecule has 0 aromatic rings. The molecule has 0 aliphatic heterocycles. The molecule has 0 aromatic heterocycles. The molecule has 0 fully saturated rings. The summed E-state index contributed by atoms with van der Waals surface area (Å²) >= 11 is 0. The molecule has 1 N–H and O–H groups in total. The van der Waals surface area contributed by atoms with Gasteiger partial charge in [0.25, 0.3) is 0 Å². The zero-order valence-electron chi connectivity index (χ0n) is 12.6.